The minimum atomic E-state index is 0.576. The smallest absolute Gasteiger partial charge is 0.0319 e. The van der Waals surface area contributed by atoms with Gasteiger partial charge in [-0.05, 0) is 31.0 Å². The molecule has 70 valence electrons. The Bertz CT molecular complexity index is 306. The highest BCUT2D eigenvalue weighted by molar-refractivity contribution is 5.34. The first-order chi connectivity index (χ1) is 6.20. The lowest BCUT2D eigenvalue weighted by Crippen LogP contribution is -2.32. The number of hydrogen-bond acceptors (Lipinski definition) is 1. The third kappa shape index (κ3) is 1.37. The van der Waals surface area contributed by atoms with Crippen LogP contribution in [0, 0.1) is 0 Å². The van der Waals surface area contributed by atoms with E-state index in [9.17, 15) is 0 Å². The van der Waals surface area contributed by atoms with Gasteiger partial charge < -0.3 is 0 Å². The van der Waals surface area contributed by atoms with E-state index >= 15 is 0 Å². The number of fused-ring (bicyclic) bond motifs is 1. The predicted molar refractivity (Wildman–Crippen MR) is 55.9 cm³/mol. The Morgan fingerprint density at radius 2 is 1.77 bits per heavy atom. The first-order valence-electron chi connectivity index (χ1n) is 4.99. The Morgan fingerprint density at radius 1 is 1.15 bits per heavy atom. The van der Waals surface area contributed by atoms with Crippen LogP contribution in [0.2, 0.25) is 0 Å². The number of rotatable bonds is 0. The summed E-state index contributed by atoms with van der Waals surface area (Å²) in [7, 11) is 2.21. The average Bonchev–Trinajstić information content (AvgIpc) is 2.15. The van der Waals surface area contributed by atoms with Crippen molar-refractivity contribution in [1.29, 1.82) is 0 Å². The van der Waals surface area contributed by atoms with E-state index in [0.29, 0.717) is 12.0 Å². The predicted octanol–water partition coefficient (Wildman–Crippen LogP) is 2.80. The van der Waals surface area contributed by atoms with Gasteiger partial charge in [0.05, 0.1) is 0 Å². The summed E-state index contributed by atoms with van der Waals surface area (Å²) in [6.07, 6.45) is 0. The van der Waals surface area contributed by atoms with Crippen molar-refractivity contribution < 1.29 is 0 Å². The van der Waals surface area contributed by atoms with Crippen molar-refractivity contribution in [2.45, 2.75) is 25.8 Å². The fourth-order valence-electron chi connectivity index (χ4n) is 2.27. The molecule has 0 radical (unpaired) electrons. The van der Waals surface area contributed by atoms with Crippen LogP contribution in [-0.2, 0) is 0 Å². The maximum Gasteiger partial charge on any atom is 0.0319 e. The second-order valence-electron chi connectivity index (χ2n) is 4.15. The van der Waals surface area contributed by atoms with Gasteiger partial charge in [-0.1, -0.05) is 31.2 Å². The summed E-state index contributed by atoms with van der Waals surface area (Å²) in [5.74, 6) is 0.678. The van der Waals surface area contributed by atoms with Crippen LogP contribution in [0.5, 0.6) is 0 Å². The van der Waals surface area contributed by atoms with Crippen molar-refractivity contribution >= 4 is 0 Å². The van der Waals surface area contributed by atoms with Crippen LogP contribution in [0.3, 0.4) is 0 Å². The maximum atomic E-state index is 2.42. The van der Waals surface area contributed by atoms with Gasteiger partial charge in [0.15, 0.2) is 0 Å². The SMILES string of the molecule is C[C@@H]1CN(C)[C@@H](C)c2ccccc21. The Morgan fingerprint density at radius 3 is 2.46 bits per heavy atom. The van der Waals surface area contributed by atoms with Crippen molar-refractivity contribution in [1.82, 2.24) is 4.90 Å². The lowest BCUT2D eigenvalue weighted by molar-refractivity contribution is 0.228. The molecule has 1 aromatic rings. The van der Waals surface area contributed by atoms with E-state index in [1.54, 1.807) is 0 Å². The molecule has 1 heteroatoms. The van der Waals surface area contributed by atoms with E-state index in [2.05, 4.69) is 50.1 Å². The average molecular weight is 175 g/mol. The lowest BCUT2D eigenvalue weighted by Gasteiger charge is -2.35. The molecule has 1 aliphatic rings. The van der Waals surface area contributed by atoms with Gasteiger partial charge in [0.2, 0.25) is 0 Å². The molecule has 0 unspecified atom stereocenters. The molecule has 0 fully saturated rings. The second kappa shape index (κ2) is 3.15. The molecule has 0 N–H and O–H groups in total. The van der Waals surface area contributed by atoms with Gasteiger partial charge >= 0.3 is 0 Å². The van der Waals surface area contributed by atoms with Gasteiger partial charge in [-0.3, -0.25) is 4.90 Å². The minimum absolute atomic E-state index is 0.576. The molecule has 0 aromatic heterocycles. The van der Waals surface area contributed by atoms with E-state index < -0.39 is 0 Å². The zero-order chi connectivity index (χ0) is 9.42. The Kier molecular flexibility index (Phi) is 2.12. The highest BCUT2D eigenvalue weighted by Gasteiger charge is 2.24. The first-order valence-corrected chi connectivity index (χ1v) is 4.99. The summed E-state index contributed by atoms with van der Waals surface area (Å²) in [5, 5.41) is 0. The van der Waals surface area contributed by atoms with Crippen LogP contribution in [-0.4, -0.2) is 18.5 Å². The highest BCUT2D eigenvalue weighted by Crippen LogP contribution is 2.33. The molecule has 0 amide bonds. The molecule has 0 aliphatic carbocycles. The van der Waals surface area contributed by atoms with E-state index in [1.807, 2.05) is 0 Å². The molecular formula is C12H17N. The summed E-state index contributed by atoms with van der Waals surface area (Å²) < 4.78 is 0. The van der Waals surface area contributed by atoms with Gasteiger partial charge in [-0.25, -0.2) is 0 Å². The van der Waals surface area contributed by atoms with Crippen LogP contribution in [0.25, 0.3) is 0 Å². The maximum absolute atomic E-state index is 2.42. The molecule has 0 saturated heterocycles. The third-order valence-electron chi connectivity index (χ3n) is 3.20. The topological polar surface area (TPSA) is 3.24 Å². The van der Waals surface area contributed by atoms with Crippen LogP contribution >= 0.6 is 0 Å². The number of benzene rings is 1. The fraction of sp³-hybridized carbons (Fsp3) is 0.500. The summed E-state index contributed by atoms with van der Waals surface area (Å²) >= 11 is 0. The molecule has 1 aromatic carbocycles. The normalized spacial score (nSPS) is 28.5. The van der Waals surface area contributed by atoms with Crippen molar-refractivity contribution in [2.75, 3.05) is 13.6 Å². The fourth-order valence-corrected chi connectivity index (χ4v) is 2.27. The summed E-state index contributed by atoms with van der Waals surface area (Å²) in [5.41, 5.74) is 3.04. The van der Waals surface area contributed by atoms with Crippen molar-refractivity contribution in [2.24, 2.45) is 0 Å². The zero-order valence-electron chi connectivity index (χ0n) is 8.62. The van der Waals surface area contributed by atoms with E-state index in [1.165, 1.54) is 17.7 Å². The second-order valence-corrected chi connectivity index (χ2v) is 4.15. The molecule has 0 spiro atoms. The Labute approximate surface area is 80.4 Å². The number of nitrogens with zero attached hydrogens (tertiary/aromatic N) is 1. The third-order valence-corrected chi connectivity index (χ3v) is 3.20. The summed E-state index contributed by atoms with van der Waals surface area (Å²) in [4.78, 5) is 2.42. The largest absolute Gasteiger partial charge is 0.299 e. The van der Waals surface area contributed by atoms with Crippen molar-refractivity contribution in [3.63, 3.8) is 0 Å². The standard InChI is InChI=1S/C12H17N/c1-9-8-13(3)10(2)12-7-5-4-6-11(9)12/h4-7,9-10H,8H2,1-3H3/t9-,10+/m1/s1. The van der Waals surface area contributed by atoms with Gasteiger partial charge in [-0.2, -0.15) is 0 Å². The quantitative estimate of drug-likeness (QED) is 0.586. The lowest BCUT2D eigenvalue weighted by atomic mass is 9.87. The molecule has 0 saturated carbocycles. The molecule has 2 rings (SSSR count). The van der Waals surface area contributed by atoms with Gasteiger partial charge in [0.1, 0.15) is 0 Å². The molecule has 1 nitrogen and oxygen atoms in total. The number of likely N-dealkylation sites (N-methyl/N-ethyl adjacent to an activating group) is 1. The molecule has 13 heavy (non-hydrogen) atoms. The van der Waals surface area contributed by atoms with E-state index in [0.717, 1.165) is 0 Å². The molecule has 2 atom stereocenters. The van der Waals surface area contributed by atoms with Gasteiger partial charge in [-0.15, -0.1) is 0 Å². The van der Waals surface area contributed by atoms with Crippen molar-refractivity contribution in [3.05, 3.63) is 35.4 Å². The minimum Gasteiger partial charge on any atom is -0.299 e. The molecular weight excluding hydrogens is 158 g/mol. The molecule has 1 heterocycles. The van der Waals surface area contributed by atoms with Crippen LogP contribution in [0.15, 0.2) is 24.3 Å². The van der Waals surface area contributed by atoms with Gasteiger partial charge in [0.25, 0.3) is 0 Å². The van der Waals surface area contributed by atoms with Crippen LogP contribution in [0.1, 0.15) is 36.9 Å². The van der Waals surface area contributed by atoms with Crippen molar-refractivity contribution in [3.8, 4) is 0 Å². The Hall–Kier alpha value is -0.820. The zero-order valence-corrected chi connectivity index (χ0v) is 8.62. The van der Waals surface area contributed by atoms with Gasteiger partial charge in [0, 0.05) is 12.6 Å². The Balaban J connectivity index is 2.47. The number of hydrogen-bond donors (Lipinski definition) is 0. The van der Waals surface area contributed by atoms with Crippen LogP contribution in [0.4, 0.5) is 0 Å². The molecule has 1 aliphatic heterocycles. The van der Waals surface area contributed by atoms with Crippen LogP contribution < -0.4 is 0 Å². The highest BCUT2D eigenvalue weighted by atomic mass is 15.1. The first kappa shape index (κ1) is 8.76. The summed E-state index contributed by atoms with van der Waals surface area (Å²) in [6, 6.07) is 9.39. The monoisotopic (exact) mass is 175 g/mol. The summed E-state index contributed by atoms with van der Waals surface area (Å²) in [6.45, 7) is 5.77. The van der Waals surface area contributed by atoms with E-state index in [-0.39, 0.29) is 0 Å². The van der Waals surface area contributed by atoms with E-state index in [4.69, 9.17) is 0 Å². The molecule has 0 bridgehead atoms.